The number of halogens is 2. The molecule has 0 spiro atoms. The molecule has 0 fully saturated rings. The van der Waals surface area contributed by atoms with Crippen molar-refractivity contribution in [1.82, 2.24) is 0 Å². The smallest absolute Gasteiger partial charge is 0.181 e. The number of Topliss-reactive ketones (excluding diaryl/α,β-unsaturated/α-hetero) is 1. The third kappa shape index (κ3) is 2.46. The van der Waals surface area contributed by atoms with Crippen LogP contribution in [0.1, 0.15) is 39.6 Å². The van der Waals surface area contributed by atoms with Gasteiger partial charge in [-0.1, -0.05) is 24.3 Å². The summed E-state index contributed by atoms with van der Waals surface area (Å²) in [6.45, 7) is 0. The maximum Gasteiger partial charge on any atom is 0.181 e. The number of thiophene rings is 1. The molecular weight excluding hydrogens is 388 g/mol. The molecule has 0 radical (unpaired) electrons. The lowest BCUT2D eigenvalue weighted by Crippen LogP contribution is -2.18. The molecule has 1 atom stereocenters. The van der Waals surface area contributed by atoms with E-state index in [1.807, 2.05) is 11.4 Å². The van der Waals surface area contributed by atoms with Crippen LogP contribution in [0, 0.1) is 0 Å². The second-order valence-corrected chi connectivity index (χ2v) is 7.26. The first kappa shape index (κ1) is 13.5. The number of benzene rings is 1. The SMILES string of the molecule is O=C(c1scc(Br)c1Br)C1CCCc2ccccc21. The Kier molecular flexibility index (Phi) is 3.92. The number of carbonyl (C=O) groups is 1. The van der Waals surface area contributed by atoms with Crippen LogP contribution in [0.3, 0.4) is 0 Å². The van der Waals surface area contributed by atoms with Crippen molar-refractivity contribution in [3.05, 3.63) is 54.6 Å². The van der Waals surface area contributed by atoms with Crippen LogP contribution < -0.4 is 0 Å². The minimum atomic E-state index is 0.0202. The minimum absolute atomic E-state index is 0.0202. The summed E-state index contributed by atoms with van der Waals surface area (Å²) in [6, 6.07) is 8.34. The predicted molar refractivity (Wildman–Crippen MR) is 86.2 cm³/mol. The average molecular weight is 400 g/mol. The topological polar surface area (TPSA) is 17.1 Å². The van der Waals surface area contributed by atoms with E-state index < -0.39 is 0 Å². The summed E-state index contributed by atoms with van der Waals surface area (Å²) < 4.78 is 1.86. The normalized spacial score (nSPS) is 18.1. The Morgan fingerprint density at radius 2 is 2.05 bits per heavy atom. The number of aryl methyl sites for hydroxylation is 1. The van der Waals surface area contributed by atoms with Crippen molar-refractivity contribution >= 4 is 49.0 Å². The number of rotatable bonds is 2. The summed E-state index contributed by atoms with van der Waals surface area (Å²) in [7, 11) is 0. The summed E-state index contributed by atoms with van der Waals surface area (Å²) in [5.74, 6) is 0.265. The van der Waals surface area contributed by atoms with Gasteiger partial charge < -0.3 is 0 Å². The fourth-order valence-corrected chi connectivity index (χ4v) is 4.84. The molecule has 3 rings (SSSR count). The Balaban J connectivity index is 2.00. The van der Waals surface area contributed by atoms with E-state index in [1.54, 1.807) is 0 Å². The van der Waals surface area contributed by atoms with Crippen LogP contribution >= 0.6 is 43.2 Å². The van der Waals surface area contributed by atoms with Gasteiger partial charge in [0.15, 0.2) is 5.78 Å². The lowest BCUT2D eigenvalue weighted by molar-refractivity contribution is 0.0954. The molecule has 1 unspecified atom stereocenters. The van der Waals surface area contributed by atoms with E-state index in [0.29, 0.717) is 0 Å². The van der Waals surface area contributed by atoms with Gasteiger partial charge in [-0.05, 0) is 62.2 Å². The lowest BCUT2D eigenvalue weighted by atomic mass is 9.80. The van der Waals surface area contributed by atoms with E-state index in [-0.39, 0.29) is 11.7 Å². The summed E-state index contributed by atoms with van der Waals surface area (Å²) in [4.78, 5) is 13.6. The molecule has 1 aromatic carbocycles. The van der Waals surface area contributed by atoms with Gasteiger partial charge in [0.2, 0.25) is 0 Å². The van der Waals surface area contributed by atoms with E-state index in [1.165, 1.54) is 22.5 Å². The molecule has 19 heavy (non-hydrogen) atoms. The Hall–Kier alpha value is -0.450. The number of fused-ring (bicyclic) bond motifs is 1. The second-order valence-electron chi connectivity index (χ2n) is 4.73. The summed E-state index contributed by atoms with van der Waals surface area (Å²) in [5, 5.41) is 1.96. The zero-order chi connectivity index (χ0) is 13.4. The van der Waals surface area contributed by atoms with Crippen molar-refractivity contribution in [3.63, 3.8) is 0 Å². The zero-order valence-corrected chi connectivity index (χ0v) is 14.1. The van der Waals surface area contributed by atoms with Crippen molar-refractivity contribution in [3.8, 4) is 0 Å². The van der Waals surface area contributed by atoms with E-state index in [9.17, 15) is 4.79 Å². The Morgan fingerprint density at radius 3 is 2.79 bits per heavy atom. The molecule has 1 nitrogen and oxygen atoms in total. The standard InChI is InChI=1S/C15H12Br2OS/c16-12-8-19-15(13(12)17)14(18)11-7-3-5-9-4-1-2-6-10(9)11/h1-2,4,6,8,11H,3,5,7H2. The first-order chi connectivity index (χ1) is 9.18. The Morgan fingerprint density at radius 1 is 1.26 bits per heavy atom. The molecule has 0 N–H and O–H groups in total. The summed E-state index contributed by atoms with van der Waals surface area (Å²) in [6.07, 6.45) is 3.14. The van der Waals surface area contributed by atoms with Gasteiger partial charge in [-0.15, -0.1) is 11.3 Å². The molecule has 0 aliphatic heterocycles. The van der Waals surface area contributed by atoms with Gasteiger partial charge in [0.1, 0.15) is 0 Å². The lowest BCUT2D eigenvalue weighted by Gasteiger charge is -2.24. The third-order valence-electron chi connectivity index (χ3n) is 3.60. The molecule has 98 valence electrons. The molecule has 2 aromatic rings. The van der Waals surface area contributed by atoms with Gasteiger partial charge in [0.25, 0.3) is 0 Å². The van der Waals surface area contributed by atoms with Gasteiger partial charge in [-0.2, -0.15) is 0 Å². The van der Waals surface area contributed by atoms with Crippen molar-refractivity contribution in [2.24, 2.45) is 0 Å². The highest BCUT2D eigenvalue weighted by atomic mass is 79.9. The minimum Gasteiger partial charge on any atom is -0.293 e. The van der Waals surface area contributed by atoms with Gasteiger partial charge in [0, 0.05) is 15.8 Å². The first-order valence-corrected chi connectivity index (χ1v) is 8.69. The molecule has 1 aromatic heterocycles. The Bertz CT molecular complexity index is 633. The fraction of sp³-hybridized carbons (Fsp3) is 0.267. The maximum absolute atomic E-state index is 12.8. The van der Waals surface area contributed by atoms with Crippen LogP contribution in [0.4, 0.5) is 0 Å². The number of hydrogen-bond acceptors (Lipinski definition) is 2. The molecule has 0 amide bonds. The Labute approximate surface area is 133 Å². The van der Waals surface area contributed by atoms with Crippen LogP contribution in [-0.4, -0.2) is 5.78 Å². The summed E-state index contributed by atoms with van der Waals surface area (Å²) >= 11 is 8.46. The zero-order valence-electron chi connectivity index (χ0n) is 10.2. The molecule has 0 saturated heterocycles. The molecule has 1 aliphatic carbocycles. The fourth-order valence-electron chi connectivity index (χ4n) is 2.67. The predicted octanol–water partition coefficient (Wildman–Crippen LogP) is 5.58. The van der Waals surface area contributed by atoms with Crippen LogP contribution in [0.15, 0.2) is 38.6 Å². The highest BCUT2D eigenvalue weighted by Gasteiger charge is 2.29. The largest absolute Gasteiger partial charge is 0.293 e. The first-order valence-electron chi connectivity index (χ1n) is 6.23. The number of carbonyl (C=O) groups excluding carboxylic acids is 1. The van der Waals surface area contributed by atoms with Crippen molar-refractivity contribution in [2.45, 2.75) is 25.2 Å². The number of hydrogen-bond donors (Lipinski definition) is 0. The molecule has 0 saturated carbocycles. The molecule has 1 heterocycles. The highest BCUT2D eigenvalue weighted by molar-refractivity contribution is 9.13. The van der Waals surface area contributed by atoms with Crippen molar-refractivity contribution < 1.29 is 4.79 Å². The third-order valence-corrected chi connectivity index (χ3v) is 7.14. The van der Waals surface area contributed by atoms with E-state index in [4.69, 9.17) is 0 Å². The van der Waals surface area contributed by atoms with Crippen molar-refractivity contribution in [1.29, 1.82) is 0 Å². The molecule has 4 heteroatoms. The van der Waals surface area contributed by atoms with Gasteiger partial charge in [-0.25, -0.2) is 0 Å². The molecular formula is C15H12Br2OS. The molecule has 1 aliphatic rings. The van der Waals surface area contributed by atoms with Gasteiger partial charge >= 0.3 is 0 Å². The van der Waals surface area contributed by atoms with Crippen molar-refractivity contribution in [2.75, 3.05) is 0 Å². The maximum atomic E-state index is 12.8. The van der Waals surface area contributed by atoms with E-state index >= 15 is 0 Å². The second kappa shape index (κ2) is 5.51. The van der Waals surface area contributed by atoms with Crippen LogP contribution in [-0.2, 0) is 6.42 Å². The monoisotopic (exact) mass is 398 g/mol. The number of ketones is 1. The molecule has 0 bridgehead atoms. The summed E-state index contributed by atoms with van der Waals surface area (Å²) in [5.41, 5.74) is 2.55. The average Bonchev–Trinajstić information content (AvgIpc) is 2.78. The van der Waals surface area contributed by atoms with Crippen LogP contribution in [0.5, 0.6) is 0 Å². The van der Waals surface area contributed by atoms with Crippen LogP contribution in [0.2, 0.25) is 0 Å². The quantitative estimate of drug-likeness (QED) is 0.602. The van der Waals surface area contributed by atoms with E-state index in [2.05, 4.69) is 50.1 Å². The van der Waals surface area contributed by atoms with Gasteiger partial charge in [-0.3, -0.25) is 4.79 Å². The van der Waals surface area contributed by atoms with E-state index in [0.717, 1.165) is 33.1 Å². The highest BCUT2D eigenvalue weighted by Crippen LogP contribution is 2.39. The van der Waals surface area contributed by atoms with Crippen LogP contribution in [0.25, 0.3) is 0 Å². The van der Waals surface area contributed by atoms with Gasteiger partial charge in [0.05, 0.1) is 9.35 Å².